The maximum Gasteiger partial charge on any atom is 0.191 e. The number of benzene rings is 2. The molecule has 0 fully saturated rings. The van der Waals surface area contributed by atoms with E-state index in [1.165, 1.54) is 17.7 Å². The van der Waals surface area contributed by atoms with Crippen LogP contribution in [-0.4, -0.2) is 31.6 Å². The highest BCUT2D eigenvalue weighted by Crippen LogP contribution is 2.19. The Bertz CT molecular complexity index is 908. The van der Waals surface area contributed by atoms with Crippen molar-refractivity contribution in [3.8, 4) is 0 Å². The van der Waals surface area contributed by atoms with E-state index < -0.39 is 0 Å². The highest BCUT2D eigenvalue weighted by Gasteiger charge is 2.05. The summed E-state index contributed by atoms with van der Waals surface area (Å²) in [6, 6.07) is 13.1. The second-order valence-corrected chi connectivity index (χ2v) is 6.36. The van der Waals surface area contributed by atoms with Crippen LogP contribution in [0.15, 0.2) is 53.7 Å². The van der Waals surface area contributed by atoms with E-state index in [-0.39, 0.29) is 29.8 Å². The molecule has 3 aromatic rings. The summed E-state index contributed by atoms with van der Waals surface area (Å²) in [4.78, 5) is 7.38. The van der Waals surface area contributed by atoms with Crippen molar-refractivity contribution in [2.75, 3.05) is 20.7 Å². The van der Waals surface area contributed by atoms with E-state index >= 15 is 0 Å². The number of aromatic amines is 1. The molecule has 0 saturated carbocycles. The van der Waals surface area contributed by atoms with Gasteiger partial charge in [-0.25, -0.2) is 4.39 Å². The van der Waals surface area contributed by atoms with E-state index in [4.69, 9.17) is 4.74 Å². The molecule has 0 saturated heterocycles. The van der Waals surface area contributed by atoms with Gasteiger partial charge in [-0.1, -0.05) is 24.3 Å². The predicted molar refractivity (Wildman–Crippen MR) is 123 cm³/mol. The van der Waals surface area contributed by atoms with E-state index in [1.54, 1.807) is 14.2 Å². The molecule has 3 rings (SSSR count). The average molecular weight is 496 g/mol. The number of nitrogens with zero attached hydrogens (tertiary/aromatic N) is 1. The first-order valence-corrected chi connectivity index (χ1v) is 8.96. The van der Waals surface area contributed by atoms with Crippen LogP contribution in [0.3, 0.4) is 0 Å². The fraction of sp³-hybridized carbons (Fsp3) is 0.286. The SMILES string of the molecule is CN=C(NCCc1c[nH]c2cc(F)ccc12)NCc1ccc(COC)cc1.I. The lowest BCUT2D eigenvalue weighted by molar-refractivity contribution is 0.185. The van der Waals surface area contributed by atoms with Crippen molar-refractivity contribution in [2.24, 2.45) is 4.99 Å². The number of aliphatic imine (C=N–C) groups is 1. The number of guanidine groups is 1. The minimum Gasteiger partial charge on any atom is -0.380 e. The molecule has 1 heterocycles. The van der Waals surface area contributed by atoms with Gasteiger partial charge in [0.1, 0.15) is 5.82 Å². The number of methoxy groups -OCH3 is 1. The minimum absolute atomic E-state index is 0. The molecule has 2 aromatic carbocycles. The van der Waals surface area contributed by atoms with Crippen LogP contribution in [0, 0.1) is 5.82 Å². The van der Waals surface area contributed by atoms with Crippen LogP contribution < -0.4 is 10.6 Å². The van der Waals surface area contributed by atoms with Crippen molar-refractivity contribution in [1.29, 1.82) is 0 Å². The lowest BCUT2D eigenvalue weighted by atomic mass is 10.1. The molecule has 0 atom stereocenters. The summed E-state index contributed by atoms with van der Waals surface area (Å²) in [6.45, 7) is 2.05. The minimum atomic E-state index is -0.228. The van der Waals surface area contributed by atoms with Gasteiger partial charge in [-0.05, 0) is 41.3 Å². The Labute approximate surface area is 181 Å². The van der Waals surface area contributed by atoms with E-state index in [1.807, 2.05) is 12.3 Å². The number of H-pyrrole nitrogens is 1. The van der Waals surface area contributed by atoms with Gasteiger partial charge < -0.3 is 20.4 Å². The molecule has 3 N–H and O–H groups in total. The number of aromatic nitrogens is 1. The Kier molecular flexibility index (Phi) is 8.72. The van der Waals surface area contributed by atoms with Gasteiger partial charge in [0, 0.05) is 44.3 Å². The number of hydrogen-bond donors (Lipinski definition) is 3. The molecule has 0 amide bonds. The second kappa shape index (κ2) is 11.0. The molecular weight excluding hydrogens is 470 g/mol. The van der Waals surface area contributed by atoms with Gasteiger partial charge in [0.15, 0.2) is 5.96 Å². The molecule has 150 valence electrons. The lowest BCUT2D eigenvalue weighted by Crippen LogP contribution is -2.37. The molecule has 28 heavy (non-hydrogen) atoms. The summed E-state index contributed by atoms with van der Waals surface area (Å²) < 4.78 is 18.4. The standard InChI is InChI=1S/C21H25FN4O.HI/c1-23-21(26-12-15-3-5-16(6-4-15)14-27-2)24-10-9-17-13-25-20-11-18(22)7-8-19(17)20;/h3-8,11,13,25H,9-10,12,14H2,1-2H3,(H2,23,24,26);1H. The van der Waals surface area contributed by atoms with E-state index in [2.05, 4.69) is 44.9 Å². The molecule has 0 bridgehead atoms. The molecule has 0 radical (unpaired) electrons. The number of halogens is 2. The number of hydrogen-bond acceptors (Lipinski definition) is 2. The molecule has 0 aliphatic carbocycles. The van der Waals surface area contributed by atoms with Crippen molar-refractivity contribution in [3.05, 3.63) is 71.2 Å². The lowest BCUT2D eigenvalue weighted by Gasteiger charge is -2.12. The summed E-state index contributed by atoms with van der Waals surface area (Å²) in [5, 5.41) is 7.68. The molecule has 0 aliphatic heterocycles. The van der Waals surface area contributed by atoms with Gasteiger partial charge >= 0.3 is 0 Å². The Morgan fingerprint density at radius 1 is 1.11 bits per heavy atom. The van der Waals surface area contributed by atoms with Crippen molar-refractivity contribution in [1.82, 2.24) is 15.6 Å². The maximum absolute atomic E-state index is 13.3. The molecule has 5 nitrogen and oxygen atoms in total. The monoisotopic (exact) mass is 496 g/mol. The topological polar surface area (TPSA) is 61.4 Å². The molecule has 1 aromatic heterocycles. The largest absolute Gasteiger partial charge is 0.380 e. The van der Waals surface area contributed by atoms with Gasteiger partial charge in [0.2, 0.25) is 0 Å². The summed E-state index contributed by atoms with van der Waals surface area (Å²) in [7, 11) is 3.45. The molecule has 7 heteroatoms. The third kappa shape index (κ3) is 5.93. The fourth-order valence-electron chi connectivity index (χ4n) is 3.01. The van der Waals surface area contributed by atoms with Gasteiger partial charge in [0.05, 0.1) is 6.61 Å². The van der Waals surface area contributed by atoms with Gasteiger partial charge in [-0.3, -0.25) is 4.99 Å². The number of ether oxygens (including phenoxy) is 1. The zero-order valence-electron chi connectivity index (χ0n) is 16.1. The van der Waals surface area contributed by atoms with Gasteiger partial charge in [-0.2, -0.15) is 0 Å². The van der Waals surface area contributed by atoms with Crippen LogP contribution in [0.5, 0.6) is 0 Å². The van der Waals surface area contributed by atoms with Crippen molar-refractivity contribution >= 4 is 40.8 Å². The summed E-state index contributed by atoms with van der Waals surface area (Å²) in [6.07, 6.45) is 2.75. The smallest absolute Gasteiger partial charge is 0.191 e. The van der Waals surface area contributed by atoms with Crippen molar-refractivity contribution in [2.45, 2.75) is 19.6 Å². The number of fused-ring (bicyclic) bond motifs is 1. The zero-order chi connectivity index (χ0) is 19.1. The first kappa shape index (κ1) is 22.2. The third-order valence-electron chi connectivity index (χ3n) is 4.43. The summed E-state index contributed by atoms with van der Waals surface area (Å²) >= 11 is 0. The first-order chi connectivity index (χ1) is 13.2. The molecule has 0 unspecified atom stereocenters. The Morgan fingerprint density at radius 3 is 2.57 bits per heavy atom. The molecule has 0 aliphatic rings. The van der Waals surface area contributed by atoms with Crippen LogP contribution in [-0.2, 0) is 24.3 Å². The normalized spacial score (nSPS) is 11.3. The van der Waals surface area contributed by atoms with Gasteiger partial charge in [-0.15, -0.1) is 24.0 Å². The van der Waals surface area contributed by atoms with Crippen LogP contribution in [0.1, 0.15) is 16.7 Å². The van der Waals surface area contributed by atoms with Crippen LogP contribution in [0.2, 0.25) is 0 Å². The van der Waals surface area contributed by atoms with E-state index in [0.717, 1.165) is 41.0 Å². The molecule has 0 spiro atoms. The van der Waals surface area contributed by atoms with Crippen LogP contribution in [0.25, 0.3) is 10.9 Å². The highest BCUT2D eigenvalue weighted by atomic mass is 127. The number of rotatable bonds is 7. The first-order valence-electron chi connectivity index (χ1n) is 8.96. The van der Waals surface area contributed by atoms with E-state index in [0.29, 0.717) is 13.2 Å². The van der Waals surface area contributed by atoms with Crippen molar-refractivity contribution < 1.29 is 9.13 Å². The quantitative estimate of drug-likeness (QED) is 0.264. The second-order valence-electron chi connectivity index (χ2n) is 6.36. The summed E-state index contributed by atoms with van der Waals surface area (Å²) in [5.74, 6) is 0.524. The average Bonchev–Trinajstić information content (AvgIpc) is 3.08. The Balaban J connectivity index is 0.00000280. The zero-order valence-corrected chi connectivity index (χ0v) is 18.4. The van der Waals surface area contributed by atoms with Gasteiger partial charge in [0.25, 0.3) is 0 Å². The number of nitrogens with one attached hydrogen (secondary N) is 3. The van der Waals surface area contributed by atoms with Crippen LogP contribution in [0.4, 0.5) is 4.39 Å². The highest BCUT2D eigenvalue weighted by molar-refractivity contribution is 14.0. The summed E-state index contributed by atoms with van der Waals surface area (Å²) in [5.41, 5.74) is 4.31. The van der Waals surface area contributed by atoms with E-state index in [9.17, 15) is 4.39 Å². The fourth-order valence-corrected chi connectivity index (χ4v) is 3.01. The third-order valence-corrected chi connectivity index (χ3v) is 4.43. The molecular formula is C21H26FIN4O. The van der Waals surface area contributed by atoms with Crippen molar-refractivity contribution in [3.63, 3.8) is 0 Å². The van der Waals surface area contributed by atoms with Crippen LogP contribution >= 0.6 is 24.0 Å². The predicted octanol–water partition coefficient (Wildman–Crippen LogP) is 3.98. The maximum atomic E-state index is 13.3. The Hall–Kier alpha value is -2.13. The Morgan fingerprint density at radius 2 is 1.86 bits per heavy atom.